The van der Waals surface area contributed by atoms with Gasteiger partial charge in [-0.15, -0.1) is 0 Å². The fourth-order valence-corrected chi connectivity index (χ4v) is 3.03. The Hall–Kier alpha value is -2.21. The molecule has 0 saturated carbocycles. The monoisotopic (exact) mass is 293 g/mol. The maximum absolute atomic E-state index is 12.4. The molecule has 0 fully saturated rings. The van der Waals surface area contributed by atoms with Gasteiger partial charge in [0.2, 0.25) is 0 Å². The zero-order chi connectivity index (χ0) is 14.8. The maximum Gasteiger partial charge on any atom is 0.267 e. The molecule has 0 aliphatic rings. The molecule has 0 saturated heterocycles. The van der Waals surface area contributed by atoms with E-state index in [-0.39, 0.29) is 10.6 Å². The summed E-state index contributed by atoms with van der Waals surface area (Å²) in [6.45, 7) is 0. The van der Waals surface area contributed by atoms with Crippen LogP contribution in [0.1, 0.15) is 0 Å². The molecule has 0 aliphatic carbocycles. The number of sulfonamides is 1. The van der Waals surface area contributed by atoms with Crippen molar-refractivity contribution in [1.29, 1.82) is 0 Å². The lowest BCUT2D eigenvalue weighted by Gasteiger charge is -2.20. The van der Waals surface area contributed by atoms with Gasteiger partial charge < -0.3 is 9.84 Å². The van der Waals surface area contributed by atoms with E-state index >= 15 is 0 Å². The second-order valence-corrected chi connectivity index (χ2v) is 6.08. The summed E-state index contributed by atoms with van der Waals surface area (Å²) in [5.74, 6) is 0.370. The van der Waals surface area contributed by atoms with Crippen molar-refractivity contribution in [3.05, 3.63) is 48.5 Å². The van der Waals surface area contributed by atoms with Crippen LogP contribution in [-0.2, 0) is 10.0 Å². The minimum absolute atomic E-state index is 0.127. The lowest BCUT2D eigenvalue weighted by molar-refractivity contribution is 0.415. The average molecular weight is 293 g/mol. The summed E-state index contributed by atoms with van der Waals surface area (Å²) in [7, 11) is -0.826. The smallest absolute Gasteiger partial charge is 0.267 e. The zero-order valence-corrected chi connectivity index (χ0v) is 12.0. The highest BCUT2D eigenvalue weighted by molar-refractivity contribution is 7.92. The van der Waals surface area contributed by atoms with Crippen LogP contribution in [0.3, 0.4) is 0 Å². The summed E-state index contributed by atoms with van der Waals surface area (Å²) in [6, 6.07) is 12.5. The van der Waals surface area contributed by atoms with Crippen LogP contribution in [0.15, 0.2) is 53.4 Å². The van der Waals surface area contributed by atoms with Crippen molar-refractivity contribution < 1.29 is 18.3 Å². The summed E-state index contributed by atoms with van der Waals surface area (Å²) in [4.78, 5) is -0.127. The molecule has 0 unspecified atom stereocenters. The van der Waals surface area contributed by atoms with Gasteiger partial charge >= 0.3 is 0 Å². The molecule has 0 bridgehead atoms. The Morgan fingerprint density at radius 2 is 1.65 bits per heavy atom. The summed E-state index contributed by atoms with van der Waals surface area (Å²) in [5.41, 5.74) is 0.481. The largest absolute Gasteiger partial charge is 0.507 e. The van der Waals surface area contributed by atoms with E-state index in [1.807, 2.05) is 0 Å². The number of methoxy groups -OCH3 is 1. The highest BCUT2D eigenvalue weighted by Gasteiger charge is 2.24. The Labute approximate surface area is 118 Å². The average Bonchev–Trinajstić information content (AvgIpc) is 2.47. The Kier molecular flexibility index (Phi) is 3.85. The first kappa shape index (κ1) is 14.2. The number of phenols is 1. The van der Waals surface area contributed by atoms with Crippen molar-refractivity contribution in [1.82, 2.24) is 0 Å². The van der Waals surface area contributed by atoms with Crippen LogP contribution in [0, 0.1) is 0 Å². The lowest BCUT2D eigenvalue weighted by Crippen LogP contribution is -2.26. The molecule has 2 rings (SSSR count). The molecule has 1 N–H and O–H groups in total. The highest BCUT2D eigenvalue weighted by Crippen LogP contribution is 2.28. The third kappa shape index (κ3) is 2.55. The zero-order valence-electron chi connectivity index (χ0n) is 11.1. The Morgan fingerprint density at radius 1 is 1.05 bits per heavy atom. The number of aromatic hydroxyl groups is 1. The number of benzene rings is 2. The van der Waals surface area contributed by atoms with Gasteiger partial charge in [-0.25, -0.2) is 8.42 Å². The van der Waals surface area contributed by atoms with Crippen LogP contribution >= 0.6 is 0 Å². The molecule has 0 aromatic heterocycles. The third-order valence-corrected chi connectivity index (χ3v) is 4.77. The van der Waals surface area contributed by atoms with E-state index in [2.05, 4.69) is 0 Å². The van der Waals surface area contributed by atoms with E-state index in [1.165, 1.54) is 26.3 Å². The highest BCUT2D eigenvalue weighted by atomic mass is 32.2. The molecule has 0 atom stereocenters. The Morgan fingerprint density at radius 3 is 2.20 bits per heavy atom. The molecule has 0 spiro atoms. The first-order valence-corrected chi connectivity index (χ1v) is 7.32. The number of rotatable bonds is 4. The van der Waals surface area contributed by atoms with Gasteiger partial charge in [0.1, 0.15) is 16.4 Å². The van der Waals surface area contributed by atoms with Crippen molar-refractivity contribution in [2.24, 2.45) is 0 Å². The number of hydrogen-bond acceptors (Lipinski definition) is 4. The summed E-state index contributed by atoms with van der Waals surface area (Å²) in [6.07, 6.45) is 0. The standard InChI is InChI=1S/C14H15NO4S/c1-15(11-7-9-12(19-2)10-8-11)20(17,18)14-6-4-3-5-13(14)16/h3-10,16H,1-2H3. The lowest BCUT2D eigenvalue weighted by atomic mass is 10.3. The predicted octanol–water partition coefficient (Wildman–Crippen LogP) is 2.23. The van der Waals surface area contributed by atoms with E-state index in [9.17, 15) is 13.5 Å². The predicted molar refractivity (Wildman–Crippen MR) is 76.7 cm³/mol. The van der Waals surface area contributed by atoms with Gasteiger partial charge in [0.25, 0.3) is 10.0 Å². The summed E-state index contributed by atoms with van der Waals surface area (Å²) < 4.78 is 31.0. The number of phenolic OH excluding ortho intramolecular Hbond substituents is 1. The minimum Gasteiger partial charge on any atom is -0.507 e. The second kappa shape index (κ2) is 5.42. The van der Waals surface area contributed by atoms with E-state index in [0.29, 0.717) is 11.4 Å². The van der Waals surface area contributed by atoms with Crippen LogP contribution < -0.4 is 9.04 Å². The third-order valence-electron chi connectivity index (χ3n) is 2.94. The van der Waals surface area contributed by atoms with Crippen LogP contribution in [0.4, 0.5) is 5.69 Å². The number of para-hydroxylation sites is 1. The van der Waals surface area contributed by atoms with Crippen molar-refractivity contribution >= 4 is 15.7 Å². The number of anilines is 1. The molecule has 2 aromatic rings. The van der Waals surface area contributed by atoms with Crippen LogP contribution in [0.25, 0.3) is 0 Å². The van der Waals surface area contributed by atoms with Gasteiger partial charge in [-0.05, 0) is 36.4 Å². The molecule has 106 valence electrons. The molecule has 0 radical (unpaired) electrons. The van der Waals surface area contributed by atoms with Crippen molar-refractivity contribution in [3.8, 4) is 11.5 Å². The number of hydrogen-bond donors (Lipinski definition) is 1. The van der Waals surface area contributed by atoms with Crippen LogP contribution in [0.2, 0.25) is 0 Å². The van der Waals surface area contributed by atoms with Crippen molar-refractivity contribution in [3.63, 3.8) is 0 Å². The molecule has 2 aromatic carbocycles. The molecular formula is C14H15NO4S. The first-order valence-electron chi connectivity index (χ1n) is 5.88. The maximum atomic E-state index is 12.4. The minimum atomic E-state index is -3.80. The fraction of sp³-hybridized carbons (Fsp3) is 0.143. The van der Waals surface area contributed by atoms with Gasteiger partial charge in [-0.2, -0.15) is 0 Å². The quantitative estimate of drug-likeness (QED) is 0.938. The molecule has 0 amide bonds. The van der Waals surface area contributed by atoms with Gasteiger partial charge in [-0.3, -0.25) is 4.31 Å². The van der Waals surface area contributed by atoms with E-state index in [4.69, 9.17) is 4.74 Å². The number of nitrogens with zero attached hydrogens (tertiary/aromatic N) is 1. The normalized spacial score (nSPS) is 11.1. The first-order chi connectivity index (χ1) is 9.46. The Bertz CT molecular complexity index is 695. The van der Waals surface area contributed by atoms with E-state index in [0.717, 1.165) is 4.31 Å². The van der Waals surface area contributed by atoms with Gasteiger partial charge in [0.05, 0.1) is 12.8 Å². The van der Waals surface area contributed by atoms with Crippen LogP contribution in [0.5, 0.6) is 11.5 Å². The van der Waals surface area contributed by atoms with E-state index in [1.54, 1.807) is 36.4 Å². The van der Waals surface area contributed by atoms with Crippen LogP contribution in [-0.4, -0.2) is 27.7 Å². The van der Waals surface area contributed by atoms with E-state index < -0.39 is 10.0 Å². The molecular weight excluding hydrogens is 278 g/mol. The van der Waals surface area contributed by atoms with Gasteiger partial charge in [0, 0.05) is 7.05 Å². The Balaban J connectivity index is 2.41. The molecule has 6 heteroatoms. The van der Waals surface area contributed by atoms with Gasteiger partial charge in [-0.1, -0.05) is 12.1 Å². The molecule has 0 aliphatic heterocycles. The van der Waals surface area contributed by atoms with Gasteiger partial charge in [0.15, 0.2) is 0 Å². The summed E-state index contributed by atoms with van der Waals surface area (Å²) in [5, 5.41) is 9.70. The molecule has 20 heavy (non-hydrogen) atoms. The van der Waals surface area contributed by atoms with Crippen molar-refractivity contribution in [2.75, 3.05) is 18.5 Å². The topological polar surface area (TPSA) is 66.8 Å². The molecule has 0 heterocycles. The SMILES string of the molecule is COc1ccc(N(C)S(=O)(=O)c2ccccc2O)cc1. The fourth-order valence-electron chi connectivity index (χ4n) is 1.75. The molecule has 5 nitrogen and oxygen atoms in total. The summed E-state index contributed by atoms with van der Waals surface area (Å²) >= 11 is 0. The van der Waals surface area contributed by atoms with Crippen molar-refractivity contribution in [2.45, 2.75) is 4.90 Å². The number of ether oxygens (including phenoxy) is 1. The second-order valence-electron chi connectivity index (χ2n) is 4.14.